The maximum atomic E-state index is 5.14. The SMILES string of the molecule is CC(=S)c1cccc(C(C)(C)C)c1. The molecule has 0 saturated heterocycles. The fraction of sp³-hybridized carbons (Fsp3) is 0.417. The zero-order valence-corrected chi connectivity index (χ0v) is 9.53. The average Bonchev–Trinajstić information content (AvgIpc) is 2.03. The van der Waals surface area contributed by atoms with Gasteiger partial charge in [-0.05, 0) is 23.5 Å². The van der Waals surface area contributed by atoms with Crippen molar-refractivity contribution in [3.63, 3.8) is 0 Å². The van der Waals surface area contributed by atoms with Crippen molar-refractivity contribution in [3.8, 4) is 0 Å². The predicted octanol–water partition coefficient (Wildman–Crippen LogP) is 3.72. The molecule has 1 aromatic rings. The zero-order valence-electron chi connectivity index (χ0n) is 8.72. The molecule has 0 unspecified atom stereocenters. The highest BCUT2D eigenvalue weighted by Gasteiger charge is 2.13. The van der Waals surface area contributed by atoms with Gasteiger partial charge in [-0.25, -0.2) is 0 Å². The van der Waals surface area contributed by atoms with Gasteiger partial charge in [-0.2, -0.15) is 0 Å². The Morgan fingerprint density at radius 1 is 1.23 bits per heavy atom. The van der Waals surface area contributed by atoms with Gasteiger partial charge in [-0.1, -0.05) is 57.3 Å². The fourth-order valence-corrected chi connectivity index (χ4v) is 1.33. The van der Waals surface area contributed by atoms with Crippen molar-refractivity contribution < 1.29 is 0 Å². The van der Waals surface area contributed by atoms with Crippen molar-refractivity contribution in [2.75, 3.05) is 0 Å². The lowest BCUT2D eigenvalue weighted by atomic mass is 9.86. The van der Waals surface area contributed by atoms with E-state index in [9.17, 15) is 0 Å². The van der Waals surface area contributed by atoms with Crippen molar-refractivity contribution in [3.05, 3.63) is 35.4 Å². The molecule has 0 aliphatic carbocycles. The quantitative estimate of drug-likeness (QED) is 0.482. The first-order valence-electron chi connectivity index (χ1n) is 4.53. The lowest BCUT2D eigenvalue weighted by Crippen LogP contribution is -2.11. The molecule has 13 heavy (non-hydrogen) atoms. The van der Waals surface area contributed by atoms with Gasteiger partial charge in [0.1, 0.15) is 0 Å². The number of rotatable bonds is 1. The molecule has 0 heterocycles. The minimum Gasteiger partial charge on any atom is -0.0846 e. The highest BCUT2D eigenvalue weighted by atomic mass is 32.1. The Bertz CT molecular complexity index is 318. The maximum Gasteiger partial charge on any atom is 0.0193 e. The first-order chi connectivity index (χ1) is 5.91. The van der Waals surface area contributed by atoms with E-state index >= 15 is 0 Å². The molecule has 0 aliphatic heterocycles. The van der Waals surface area contributed by atoms with Crippen LogP contribution in [-0.4, -0.2) is 4.86 Å². The van der Waals surface area contributed by atoms with Crippen molar-refractivity contribution in [1.82, 2.24) is 0 Å². The average molecular weight is 192 g/mol. The van der Waals surface area contributed by atoms with Gasteiger partial charge in [0.15, 0.2) is 0 Å². The van der Waals surface area contributed by atoms with E-state index in [0.717, 1.165) is 4.86 Å². The van der Waals surface area contributed by atoms with Crippen molar-refractivity contribution >= 4 is 17.1 Å². The number of benzene rings is 1. The monoisotopic (exact) mass is 192 g/mol. The van der Waals surface area contributed by atoms with Crippen LogP contribution in [0.5, 0.6) is 0 Å². The minimum absolute atomic E-state index is 0.209. The van der Waals surface area contributed by atoms with Crippen molar-refractivity contribution in [1.29, 1.82) is 0 Å². The lowest BCUT2D eigenvalue weighted by molar-refractivity contribution is 0.590. The molecule has 0 radical (unpaired) electrons. The van der Waals surface area contributed by atoms with Crippen LogP contribution in [-0.2, 0) is 5.41 Å². The van der Waals surface area contributed by atoms with Crippen LogP contribution in [0.1, 0.15) is 38.8 Å². The van der Waals surface area contributed by atoms with Crippen molar-refractivity contribution in [2.24, 2.45) is 0 Å². The first kappa shape index (κ1) is 10.4. The van der Waals surface area contributed by atoms with E-state index < -0.39 is 0 Å². The molecule has 0 spiro atoms. The van der Waals surface area contributed by atoms with Crippen LogP contribution in [0.15, 0.2) is 24.3 Å². The van der Waals surface area contributed by atoms with Gasteiger partial charge in [0, 0.05) is 4.86 Å². The Balaban J connectivity index is 3.13. The van der Waals surface area contributed by atoms with Crippen LogP contribution >= 0.6 is 12.2 Å². The van der Waals surface area contributed by atoms with Gasteiger partial charge in [0.25, 0.3) is 0 Å². The number of hydrogen-bond acceptors (Lipinski definition) is 1. The molecule has 1 rings (SSSR count). The van der Waals surface area contributed by atoms with Crippen LogP contribution in [0.3, 0.4) is 0 Å². The van der Waals surface area contributed by atoms with E-state index in [1.807, 2.05) is 6.92 Å². The summed E-state index contributed by atoms with van der Waals surface area (Å²) >= 11 is 5.14. The van der Waals surface area contributed by atoms with E-state index in [4.69, 9.17) is 12.2 Å². The summed E-state index contributed by atoms with van der Waals surface area (Å²) in [5.74, 6) is 0. The summed E-state index contributed by atoms with van der Waals surface area (Å²) in [5.41, 5.74) is 2.72. The Morgan fingerprint density at radius 3 is 2.31 bits per heavy atom. The third kappa shape index (κ3) is 2.63. The smallest absolute Gasteiger partial charge is 0.0193 e. The molecule has 0 nitrogen and oxygen atoms in total. The Hall–Kier alpha value is -0.690. The zero-order chi connectivity index (χ0) is 10.1. The Morgan fingerprint density at radius 2 is 1.85 bits per heavy atom. The third-order valence-electron chi connectivity index (χ3n) is 2.14. The van der Waals surface area contributed by atoms with Gasteiger partial charge in [-0.15, -0.1) is 0 Å². The number of hydrogen-bond donors (Lipinski definition) is 0. The molecule has 0 aromatic heterocycles. The minimum atomic E-state index is 0.209. The summed E-state index contributed by atoms with van der Waals surface area (Å²) in [6.45, 7) is 8.61. The standard InChI is InChI=1S/C12H16S/c1-9(13)10-6-5-7-11(8-10)12(2,3)4/h5-8H,1-4H3. The molecule has 0 saturated carbocycles. The van der Waals surface area contributed by atoms with E-state index in [1.54, 1.807) is 0 Å². The van der Waals surface area contributed by atoms with Gasteiger partial charge in [0.05, 0.1) is 0 Å². The van der Waals surface area contributed by atoms with Crippen molar-refractivity contribution in [2.45, 2.75) is 33.1 Å². The molecular weight excluding hydrogens is 176 g/mol. The first-order valence-corrected chi connectivity index (χ1v) is 4.93. The third-order valence-corrected chi connectivity index (χ3v) is 2.37. The summed E-state index contributed by atoms with van der Waals surface area (Å²) in [6.07, 6.45) is 0. The van der Waals surface area contributed by atoms with E-state index in [2.05, 4.69) is 45.0 Å². The molecule has 0 fully saturated rings. The summed E-state index contributed by atoms with van der Waals surface area (Å²) in [6, 6.07) is 8.48. The molecule has 0 N–H and O–H groups in total. The van der Waals surface area contributed by atoms with Crippen LogP contribution in [0.4, 0.5) is 0 Å². The second-order valence-electron chi connectivity index (χ2n) is 4.39. The summed E-state index contributed by atoms with van der Waals surface area (Å²) < 4.78 is 0. The summed E-state index contributed by atoms with van der Waals surface area (Å²) in [4.78, 5) is 0.964. The van der Waals surface area contributed by atoms with Crippen LogP contribution in [0, 0.1) is 0 Å². The Kier molecular flexibility index (Phi) is 2.87. The summed E-state index contributed by atoms with van der Waals surface area (Å²) in [7, 11) is 0. The van der Waals surface area contributed by atoms with E-state index in [1.165, 1.54) is 11.1 Å². The van der Waals surface area contributed by atoms with Crippen LogP contribution < -0.4 is 0 Å². The van der Waals surface area contributed by atoms with Gasteiger partial charge in [-0.3, -0.25) is 0 Å². The lowest BCUT2D eigenvalue weighted by Gasteiger charge is -2.19. The molecule has 70 valence electrons. The molecule has 0 aliphatic rings. The van der Waals surface area contributed by atoms with Gasteiger partial charge in [0.2, 0.25) is 0 Å². The fourth-order valence-electron chi connectivity index (χ4n) is 1.20. The maximum absolute atomic E-state index is 5.14. The molecular formula is C12H16S. The molecule has 1 heteroatoms. The Labute approximate surface area is 86.0 Å². The second-order valence-corrected chi connectivity index (χ2v) is 5.00. The highest BCUT2D eigenvalue weighted by Crippen LogP contribution is 2.22. The predicted molar refractivity (Wildman–Crippen MR) is 62.5 cm³/mol. The van der Waals surface area contributed by atoms with Crippen LogP contribution in [0.2, 0.25) is 0 Å². The van der Waals surface area contributed by atoms with E-state index in [0.29, 0.717) is 0 Å². The molecule has 1 aromatic carbocycles. The van der Waals surface area contributed by atoms with Gasteiger partial charge < -0.3 is 0 Å². The summed E-state index contributed by atoms with van der Waals surface area (Å²) in [5, 5.41) is 0. The number of thiocarbonyl (C=S) groups is 1. The molecule has 0 atom stereocenters. The topological polar surface area (TPSA) is 0 Å². The normalized spacial score (nSPS) is 11.4. The second kappa shape index (κ2) is 3.59. The van der Waals surface area contributed by atoms with E-state index in [-0.39, 0.29) is 5.41 Å². The molecule has 0 amide bonds. The van der Waals surface area contributed by atoms with Gasteiger partial charge >= 0.3 is 0 Å². The van der Waals surface area contributed by atoms with Crippen LogP contribution in [0.25, 0.3) is 0 Å². The molecule has 0 bridgehead atoms. The highest BCUT2D eigenvalue weighted by molar-refractivity contribution is 7.80. The largest absolute Gasteiger partial charge is 0.0846 e.